The minimum absolute atomic E-state index is 0.252. The van der Waals surface area contributed by atoms with Crippen molar-refractivity contribution in [2.75, 3.05) is 6.61 Å². The lowest BCUT2D eigenvalue weighted by atomic mass is 10.1. The van der Waals surface area contributed by atoms with Gasteiger partial charge in [-0.05, 0) is 60.5 Å². The van der Waals surface area contributed by atoms with Gasteiger partial charge < -0.3 is 14.0 Å². The highest BCUT2D eigenvalue weighted by Crippen LogP contribution is 2.21. The van der Waals surface area contributed by atoms with E-state index in [1.165, 1.54) is 0 Å². The lowest BCUT2D eigenvalue weighted by Crippen LogP contribution is -2.10. The van der Waals surface area contributed by atoms with Gasteiger partial charge in [-0.25, -0.2) is 9.79 Å². The Labute approximate surface area is 185 Å². The monoisotopic (exact) mass is 432 g/mol. The van der Waals surface area contributed by atoms with Crippen molar-refractivity contribution in [2.45, 2.75) is 13.0 Å². The van der Waals surface area contributed by atoms with E-state index in [1.807, 2.05) is 53.2 Å². The van der Waals surface area contributed by atoms with E-state index >= 15 is 0 Å². The van der Waals surface area contributed by atoms with E-state index in [2.05, 4.69) is 11.6 Å². The Hall–Kier alpha value is -3.57. The minimum Gasteiger partial charge on any atom is -0.491 e. The first kappa shape index (κ1) is 20.7. The number of allylic oxidation sites excluding steroid dienone is 1. The minimum atomic E-state index is -0.479. The third-order valence-electron chi connectivity index (χ3n) is 4.79. The standard InChI is InChI=1S/C25H21ClN2O3/c1-2-6-18-7-3-4-9-23(18)30-16-15-28-14-5-8-21(28)17-22-25(29)31-24(27-22)19-10-12-20(26)13-11-19/h2-5,7-14,17H,1,6,15-16H2. The predicted octanol–water partition coefficient (Wildman–Crippen LogP) is 5.29. The molecule has 0 radical (unpaired) electrons. The number of benzene rings is 2. The summed E-state index contributed by atoms with van der Waals surface area (Å²) in [5.74, 6) is 0.645. The van der Waals surface area contributed by atoms with Gasteiger partial charge in [0, 0.05) is 22.5 Å². The number of rotatable bonds is 8. The summed E-state index contributed by atoms with van der Waals surface area (Å²) < 4.78 is 13.3. The Morgan fingerprint density at radius 1 is 1.10 bits per heavy atom. The number of hydrogen-bond acceptors (Lipinski definition) is 4. The highest BCUT2D eigenvalue weighted by atomic mass is 35.5. The van der Waals surface area contributed by atoms with Crippen LogP contribution in [0.5, 0.6) is 5.75 Å². The van der Waals surface area contributed by atoms with E-state index in [-0.39, 0.29) is 11.6 Å². The quantitative estimate of drug-likeness (QED) is 0.276. The van der Waals surface area contributed by atoms with Gasteiger partial charge in [0.15, 0.2) is 5.70 Å². The first-order valence-electron chi connectivity index (χ1n) is 9.89. The summed E-state index contributed by atoms with van der Waals surface area (Å²) in [6, 6.07) is 18.8. The maximum absolute atomic E-state index is 12.3. The number of para-hydroxylation sites is 1. The molecule has 0 bridgehead atoms. The Balaban J connectivity index is 1.46. The second kappa shape index (κ2) is 9.49. The molecule has 5 nitrogen and oxygen atoms in total. The number of aliphatic imine (C=N–C) groups is 1. The molecule has 0 fully saturated rings. The molecule has 1 aromatic heterocycles. The van der Waals surface area contributed by atoms with Crippen LogP contribution in [0.3, 0.4) is 0 Å². The molecule has 2 heterocycles. The van der Waals surface area contributed by atoms with Crippen LogP contribution in [0.2, 0.25) is 5.02 Å². The maximum atomic E-state index is 12.3. The zero-order valence-electron chi connectivity index (χ0n) is 16.8. The molecule has 0 aliphatic carbocycles. The molecular weight excluding hydrogens is 412 g/mol. The van der Waals surface area contributed by atoms with Gasteiger partial charge in [-0.15, -0.1) is 6.58 Å². The summed E-state index contributed by atoms with van der Waals surface area (Å²) in [6.07, 6.45) is 6.28. The molecule has 6 heteroatoms. The largest absolute Gasteiger partial charge is 0.491 e. The molecule has 31 heavy (non-hydrogen) atoms. The first-order valence-corrected chi connectivity index (χ1v) is 10.3. The number of carbonyl (C=O) groups is 1. The fourth-order valence-corrected chi connectivity index (χ4v) is 3.38. The average Bonchev–Trinajstić information content (AvgIpc) is 3.37. The zero-order chi connectivity index (χ0) is 21.6. The van der Waals surface area contributed by atoms with Gasteiger partial charge in [-0.3, -0.25) is 0 Å². The number of carbonyl (C=O) groups excluding carboxylic acids is 1. The number of hydrogen-bond donors (Lipinski definition) is 0. The Morgan fingerprint density at radius 2 is 1.90 bits per heavy atom. The summed E-state index contributed by atoms with van der Waals surface area (Å²) in [5.41, 5.74) is 2.89. The lowest BCUT2D eigenvalue weighted by Gasteiger charge is -2.12. The van der Waals surface area contributed by atoms with Gasteiger partial charge in [-0.2, -0.15) is 0 Å². The van der Waals surface area contributed by atoms with Gasteiger partial charge in [0.05, 0.1) is 6.54 Å². The molecule has 1 aliphatic rings. The summed E-state index contributed by atoms with van der Waals surface area (Å²) in [7, 11) is 0. The van der Waals surface area contributed by atoms with Gasteiger partial charge in [-0.1, -0.05) is 35.9 Å². The van der Waals surface area contributed by atoms with Crippen molar-refractivity contribution in [3.63, 3.8) is 0 Å². The van der Waals surface area contributed by atoms with Gasteiger partial charge >= 0.3 is 5.97 Å². The lowest BCUT2D eigenvalue weighted by molar-refractivity contribution is -0.129. The summed E-state index contributed by atoms with van der Waals surface area (Å²) >= 11 is 5.92. The Kier molecular flexibility index (Phi) is 6.34. The molecule has 0 unspecified atom stereocenters. The number of nitrogens with zero attached hydrogens (tertiary/aromatic N) is 2. The van der Waals surface area contributed by atoms with Crippen LogP contribution in [-0.4, -0.2) is 23.0 Å². The van der Waals surface area contributed by atoms with Crippen LogP contribution in [-0.2, 0) is 22.5 Å². The van der Waals surface area contributed by atoms with Gasteiger partial charge in [0.2, 0.25) is 5.90 Å². The van der Waals surface area contributed by atoms with Crippen molar-refractivity contribution in [3.05, 3.63) is 107 Å². The highest BCUT2D eigenvalue weighted by molar-refractivity contribution is 6.30. The van der Waals surface area contributed by atoms with Crippen molar-refractivity contribution >= 4 is 29.5 Å². The molecule has 4 rings (SSSR count). The van der Waals surface area contributed by atoms with Crippen molar-refractivity contribution < 1.29 is 14.3 Å². The number of halogens is 1. The molecule has 0 N–H and O–H groups in total. The molecule has 0 saturated heterocycles. The van der Waals surface area contributed by atoms with Gasteiger partial charge in [0.1, 0.15) is 12.4 Å². The normalized spacial score (nSPS) is 14.4. The molecule has 0 saturated carbocycles. The van der Waals surface area contributed by atoms with E-state index in [4.69, 9.17) is 21.1 Å². The number of aromatic nitrogens is 1. The van der Waals surface area contributed by atoms with Crippen LogP contribution in [0.15, 0.2) is 90.2 Å². The molecule has 0 spiro atoms. The fraction of sp³-hybridized carbons (Fsp3) is 0.120. The van der Waals surface area contributed by atoms with Crippen LogP contribution < -0.4 is 4.74 Å². The fourth-order valence-electron chi connectivity index (χ4n) is 3.25. The number of esters is 1. The summed E-state index contributed by atoms with van der Waals surface area (Å²) in [4.78, 5) is 16.6. The first-order chi connectivity index (χ1) is 15.1. The third kappa shape index (κ3) is 4.95. The second-order valence-corrected chi connectivity index (χ2v) is 7.35. The van der Waals surface area contributed by atoms with Crippen molar-refractivity contribution in [2.24, 2.45) is 4.99 Å². The van der Waals surface area contributed by atoms with Crippen molar-refractivity contribution in [1.29, 1.82) is 0 Å². The molecule has 3 aromatic rings. The summed E-state index contributed by atoms with van der Waals surface area (Å²) in [6.45, 7) is 4.90. The van der Waals surface area contributed by atoms with Crippen LogP contribution in [0.25, 0.3) is 6.08 Å². The van der Waals surface area contributed by atoms with E-state index in [0.717, 1.165) is 23.4 Å². The van der Waals surface area contributed by atoms with Crippen LogP contribution in [0.4, 0.5) is 0 Å². The molecule has 1 aliphatic heterocycles. The van der Waals surface area contributed by atoms with E-state index in [0.29, 0.717) is 23.7 Å². The van der Waals surface area contributed by atoms with Crippen molar-refractivity contribution in [1.82, 2.24) is 4.57 Å². The average molecular weight is 433 g/mol. The summed E-state index contributed by atoms with van der Waals surface area (Å²) in [5, 5.41) is 0.608. The Bertz CT molecular complexity index is 1160. The predicted molar refractivity (Wildman–Crippen MR) is 122 cm³/mol. The number of cyclic esters (lactones) is 1. The molecule has 2 aromatic carbocycles. The molecular formula is C25H21ClN2O3. The van der Waals surface area contributed by atoms with Crippen molar-refractivity contribution in [3.8, 4) is 5.75 Å². The van der Waals surface area contributed by atoms with E-state index in [1.54, 1.807) is 30.3 Å². The highest BCUT2D eigenvalue weighted by Gasteiger charge is 2.24. The smallest absolute Gasteiger partial charge is 0.363 e. The van der Waals surface area contributed by atoms with E-state index in [9.17, 15) is 4.79 Å². The number of ether oxygens (including phenoxy) is 2. The maximum Gasteiger partial charge on any atom is 0.363 e. The van der Waals surface area contributed by atoms with Crippen LogP contribution in [0.1, 0.15) is 16.8 Å². The zero-order valence-corrected chi connectivity index (χ0v) is 17.6. The third-order valence-corrected chi connectivity index (χ3v) is 5.04. The molecule has 0 atom stereocenters. The SMILES string of the molecule is C=CCc1ccccc1OCCn1cccc1C=C1N=C(c2ccc(Cl)cc2)OC1=O. The second-order valence-electron chi connectivity index (χ2n) is 6.92. The van der Waals surface area contributed by atoms with Crippen LogP contribution in [0, 0.1) is 0 Å². The van der Waals surface area contributed by atoms with E-state index < -0.39 is 5.97 Å². The molecule has 156 valence electrons. The van der Waals surface area contributed by atoms with Crippen LogP contribution >= 0.6 is 11.6 Å². The van der Waals surface area contributed by atoms with Gasteiger partial charge in [0.25, 0.3) is 0 Å². The Morgan fingerprint density at radius 3 is 2.71 bits per heavy atom. The molecule has 0 amide bonds. The topological polar surface area (TPSA) is 52.8 Å².